The normalized spacial score (nSPS) is 18.9. The van der Waals surface area contributed by atoms with Crippen LogP contribution in [0.1, 0.15) is 53.6 Å². The van der Waals surface area contributed by atoms with Crippen molar-refractivity contribution >= 4 is 17.3 Å². The number of nitrogens with zero attached hydrogens (tertiary/aromatic N) is 4. The Hall–Kier alpha value is -2.73. The van der Waals surface area contributed by atoms with Gasteiger partial charge in [0.15, 0.2) is 5.11 Å². The van der Waals surface area contributed by atoms with Crippen LogP contribution in [0.25, 0.3) is 0 Å². The lowest BCUT2D eigenvalue weighted by molar-refractivity contribution is 0.316. The number of rotatable bonds is 6. The van der Waals surface area contributed by atoms with Gasteiger partial charge in [0.2, 0.25) is 0 Å². The highest BCUT2D eigenvalue weighted by Gasteiger charge is 2.40. The SMILES string of the molecule is CCCN1C(=S)N[C@H](c2ccccn2)[C@@H]1c1cc(C)n(Cc2ccncc2)c1C. The van der Waals surface area contributed by atoms with Crippen LogP contribution in [0.2, 0.25) is 0 Å². The Kier molecular flexibility index (Phi) is 5.62. The van der Waals surface area contributed by atoms with Gasteiger partial charge in [0, 0.05) is 43.1 Å². The molecule has 1 fully saturated rings. The molecule has 2 atom stereocenters. The van der Waals surface area contributed by atoms with Crippen LogP contribution in [0.3, 0.4) is 0 Å². The first kappa shape index (κ1) is 19.6. The van der Waals surface area contributed by atoms with Crippen molar-refractivity contribution in [3.05, 3.63) is 83.2 Å². The molecule has 0 aromatic carbocycles. The summed E-state index contributed by atoms with van der Waals surface area (Å²) in [5.41, 5.74) is 6.12. The number of thiocarbonyl (C=S) groups is 1. The highest BCUT2D eigenvalue weighted by Crippen LogP contribution is 2.40. The lowest BCUT2D eigenvalue weighted by atomic mass is 9.96. The third-order valence-electron chi connectivity index (χ3n) is 5.68. The van der Waals surface area contributed by atoms with Crippen molar-refractivity contribution in [2.75, 3.05) is 6.54 Å². The fourth-order valence-corrected chi connectivity index (χ4v) is 4.60. The van der Waals surface area contributed by atoms with Gasteiger partial charge >= 0.3 is 0 Å². The lowest BCUT2D eigenvalue weighted by Crippen LogP contribution is -2.30. The molecule has 4 rings (SSSR count). The maximum absolute atomic E-state index is 5.72. The summed E-state index contributed by atoms with van der Waals surface area (Å²) >= 11 is 5.72. The van der Waals surface area contributed by atoms with E-state index in [1.165, 1.54) is 22.5 Å². The number of hydrogen-bond acceptors (Lipinski definition) is 3. The molecule has 150 valence electrons. The van der Waals surface area contributed by atoms with E-state index in [2.05, 4.69) is 69.8 Å². The molecular formula is C23H27N5S. The van der Waals surface area contributed by atoms with E-state index in [0.717, 1.165) is 30.3 Å². The molecule has 0 spiro atoms. The van der Waals surface area contributed by atoms with Gasteiger partial charge < -0.3 is 14.8 Å². The molecule has 3 aromatic heterocycles. The Labute approximate surface area is 177 Å². The lowest BCUT2D eigenvalue weighted by Gasteiger charge is -2.27. The Morgan fingerprint density at radius 1 is 1.10 bits per heavy atom. The van der Waals surface area contributed by atoms with Gasteiger partial charge in [0.25, 0.3) is 0 Å². The van der Waals surface area contributed by atoms with Crippen molar-refractivity contribution in [3.63, 3.8) is 0 Å². The van der Waals surface area contributed by atoms with Crippen LogP contribution in [0.5, 0.6) is 0 Å². The second kappa shape index (κ2) is 8.33. The van der Waals surface area contributed by atoms with Crippen molar-refractivity contribution < 1.29 is 0 Å². The van der Waals surface area contributed by atoms with E-state index in [9.17, 15) is 0 Å². The maximum atomic E-state index is 5.72. The van der Waals surface area contributed by atoms with Crippen LogP contribution >= 0.6 is 12.2 Å². The van der Waals surface area contributed by atoms with Crippen LogP contribution in [-0.4, -0.2) is 31.1 Å². The van der Waals surface area contributed by atoms with E-state index >= 15 is 0 Å². The zero-order valence-electron chi connectivity index (χ0n) is 17.2. The molecule has 1 N–H and O–H groups in total. The molecule has 1 aliphatic rings. The van der Waals surface area contributed by atoms with Crippen molar-refractivity contribution in [3.8, 4) is 0 Å². The second-order valence-corrected chi connectivity index (χ2v) is 7.97. The summed E-state index contributed by atoms with van der Waals surface area (Å²) in [7, 11) is 0. The molecule has 0 bridgehead atoms. The third-order valence-corrected chi connectivity index (χ3v) is 6.04. The summed E-state index contributed by atoms with van der Waals surface area (Å²) in [5, 5.41) is 4.35. The number of pyridine rings is 2. The first-order chi connectivity index (χ1) is 14.1. The Balaban J connectivity index is 1.75. The Morgan fingerprint density at radius 2 is 1.90 bits per heavy atom. The molecule has 4 heterocycles. The van der Waals surface area contributed by atoms with Gasteiger partial charge in [-0.15, -0.1) is 0 Å². The predicted octanol–water partition coefficient (Wildman–Crippen LogP) is 4.33. The Bertz CT molecular complexity index is 983. The number of aryl methyl sites for hydroxylation is 1. The van der Waals surface area contributed by atoms with Crippen molar-refractivity contribution in [2.24, 2.45) is 0 Å². The van der Waals surface area contributed by atoms with Crippen LogP contribution in [0.4, 0.5) is 0 Å². The molecule has 1 aliphatic heterocycles. The first-order valence-electron chi connectivity index (χ1n) is 10.1. The highest BCUT2D eigenvalue weighted by molar-refractivity contribution is 7.80. The molecule has 6 heteroatoms. The van der Waals surface area contributed by atoms with Crippen LogP contribution in [0, 0.1) is 13.8 Å². The first-order valence-corrected chi connectivity index (χ1v) is 10.5. The molecule has 0 saturated carbocycles. The fraction of sp³-hybridized carbons (Fsp3) is 0.348. The summed E-state index contributed by atoms with van der Waals surface area (Å²) in [6.07, 6.45) is 6.60. The summed E-state index contributed by atoms with van der Waals surface area (Å²) in [4.78, 5) is 11.1. The molecule has 0 unspecified atom stereocenters. The minimum Gasteiger partial charge on any atom is -0.352 e. The molecule has 0 aliphatic carbocycles. The predicted molar refractivity (Wildman–Crippen MR) is 120 cm³/mol. The number of nitrogens with one attached hydrogen (secondary N) is 1. The van der Waals surface area contributed by atoms with Gasteiger partial charge in [-0.1, -0.05) is 13.0 Å². The van der Waals surface area contributed by atoms with Gasteiger partial charge in [0.1, 0.15) is 0 Å². The maximum Gasteiger partial charge on any atom is 0.170 e. The number of hydrogen-bond donors (Lipinski definition) is 1. The van der Waals surface area contributed by atoms with Crippen molar-refractivity contribution in [1.29, 1.82) is 0 Å². The smallest absolute Gasteiger partial charge is 0.170 e. The topological polar surface area (TPSA) is 46.0 Å². The van der Waals surface area contributed by atoms with Crippen LogP contribution in [-0.2, 0) is 6.54 Å². The van der Waals surface area contributed by atoms with E-state index in [4.69, 9.17) is 12.2 Å². The minimum atomic E-state index is 0.0464. The van der Waals surface area contributed by atoms with Crippen molar-refractivity contribution in [1.82, 2.24) is 24.8 Å². The highest BCUT2D eigenvalue weighted by atomic mass is 32.1. The average molecular weight is 406 g/mol. The summed E-state index contributed by atoms with van der Waals surface area (Å²) in [6.45, 7) is 8.35. The average Bonchev–Trinajstić information content (AvgIpc) is 3.21. The standard InChI is InChI=1S/C23H27N5S/c1-4-13-27-22(21(26-23(27)29)20-7-5-6-10-25-20)19-14-16(2)28(17(19)3)15-18-8-11-24-12-9-18/h5-12,14,21-22H,4,13,15H2,1-3H3,(H,26,29)/t21-,22+/m1/s1. The Morgan fingerprint density at radius 3 is 2.59 bits per heavy atom. The molecule has 0 amide bonds. The summed E-state index contributed by atoms with van der Waals surface area (Å²) in [5.74, 6) is 0. The zero-order valence-corrected chi connectivity index (χ0v) is 18.0. The van der Waals surface area contributed by atoms with Gasteiger partial charge in [0.05, 0.1) is 17.8 Å². The van der Waals surface area contributed by atoms with Gasteiger partial charge in [-0.25, -0.2) is 0 Å². The summed E-state index contributed by atoms with van der Waals surface area (Å²) in [6, 6.07) is 12.7. The monoisotopic (exact) mass is 405 g/mol. The largest absolute Gasteiger partial charge is 0.352 e. The van der Waals surface area contributed by atoms with E-state index in [0.29, 0.717) is 0 Å². The van der Waals surface area contributed by atoms with Gasteiger partial charge in [-0.3, -0.25) is 9.97 Å². The third kappa shape index (κ3) is 3.77. The van der Waals surface area contributed by atoms with Gasteiger partial charge in [-0.2, -0.15) is 0 Å². The van der Waals surface area contributed by atoms with Crippen molar-refractivity contribution in [2.45, 2.75) is 45.8 Å². The molecular weight excluding hydrogens is 378 g/mol. The van der Waals surface area contributed by atoms with E-state index in [-0.39, 0.29) is 12.1 Å². The fourth-order valence-electron chi connectivity index (χ4n) is 4.27. The van der Waals surface area contributed by atoms with Crippen LogP contribution < -0.4 is 5.32 Å². The molecule has 1 saturated heterocycles. The molecule has 5 nitrogen and oxygen atoms in total. The van der Waals surface area contributed by atoms with E-state index in [1.807, 2.05) is 30.7 Å². The van der Waals surface area contributed by atoms with Gasteiger partial charge in [-0.05, 0) is 73.9 Å². The van der Waals surface area contributed by atoms with E-state index < -0.39 is 0 Å². The number of aromatic nitrogens is 3. The quantitative estimate of drug-likeness (QED) is 0.619. The molecule has 0 radical (unpaired) electrons. The summed E-state index contributed by atoms with van der Waals surface area (Å²) < 4.78 is 2.38. The minimum absolute atomic E-state index is 0.0464. The molecule has 3 aromatic rings. The second-order valence-electron chi connectivity index (χ2n) is 7.59. The molecule has 29 heavy (non-hydrogen) atoms. The van der Waals surface area contributed by atoms with E-state index in [1.54, 1.807) is 0 Å². The zero-order chi connectivity index (χ0) is 20.4. The van der Waals surface area contributed by atoms with Crippen LogP contribution in [0.15, 0.2) is 55.0 Å².